The van der Waals surface area contributed by atoms with Crippen LogP contribution < -0.4 is 10.5 Å². The predicted molar refractivity (Wildman–Crippen MR) is 70.5 cm³/mol. The van der Waals surface area contributed by atoms with Crippen LogP contribution in [0.4, 0.5) is 10.1 Å². The van der Waals surface area contributed by atoms with Crippen LogP contribution >= 0.6 is 31.9 Å². The van der Waals surface area contributed by atoms with E-state index in [-0.39, 0.29) is 5.88 Å². The second-order valence-electron chi connectivity index (χ2n) is 3.26. The maximum atomic E-state index is 13.1. The van der Waals surface area contributed by atoms with Crippen molar-refractivity contribution in [2.45, 2.75) is 0 Å². The molecule has 0 saturated heterocycles. The SMILES string of the molecule is Nc1cc(Br)cnc1Oc1cc(F)cc(Br)c1. The normalized spacial score (nSPS) is 10.3. The summed E-state index contributed by atoms with van der Waals surface area (Å²) in [5, 5.41) is 0. The highest BCUT2D eigenvalue weighted by molar-refractivity contribution is 9.10. The van der Waals surface area contributed by atoms with Gasteiger partial charge in [-0.3, -0.25) is 0 Å². The van der Waals surface area contributed by atoms with Crippen LogP contribution in [0.25, 0.3) is 0 Å². The van der Waals surface area contributed by atoms with Gasteiger partial charge in [-0.2, -0.15) is 0 Å². The van der Waals surface area contributed by atoms with Crippen molar-refractivity contribution in [1.29, 1.82) is 0 Å². The molecule has 0 aliphatic carbocycles. The van der Waals surface area contributed by atoms with E-state index in [1.165, 1.54) is 12.1 Å². The molecule has 1 aromatic heterocycles. The molecule has 1 aromatic carbocycles. The van der Waals surface area contributed by atoms with E-state index in [9.17, 15) is 4.39 Å². The van der Waals surface area contributed by atoms with Crippen LogP contribution in [0.2, 0.25) is 0 Å². The Bertz CT molecular complexity index is 543. The van der Waals surface area contributed by atoms with Crippen LogP contribution in [0.5, 0.6) is 11.6 Å². The average Bonchev–Trinajstić information content (AvgIpc) is 2.21. The molecule has 88 valence electrons. The van der Waals surface area contributed by atoms with Gasteiger partial charge >= 0.3 is 0 Å². The summed E-state index contributed by atoms with van der Waals surface area (Å²) in [5.41, 5.74) is 6.10. The van der Waals surface area contributed by atoms with Crippen LogP contribution in [0.15, 0.2) is 39.4 Å². The molecule has 0 bridgehead atoms. The highest BCUT2D eigenvalue weighted by Crippen LogP contribution is 2.29. The van der Waals surface area contributed by atoms with Crippen LogP contribution in [-0.4, -0.2) is 4.98 Å². The number of hydrogen-bond acceptors (Lipinski definition) is 3. The molecule has 0 aliphatic heterocycles. The van der Waals surface area contributed by atoms with E-state index >= 15 is 0 Å². The lowest BCUT2D eigenvalue weighted by molar-refractivity contribution is 0.460. The molecule has 0 radical (unpaired) electrons. The summed E-state index contributed by atoms with van der Waals surface area (Å²) in [7, 11) is 0. The van der Waals surface area contributed by atoms with E-state index < -0.39 is 5.82 Å². The molecule has 0 atom stereocenters. The van der Waals surface area contributed by atoms with Gasteiger partial charge in [0.1, 0.15) is 11.6 Å². The van der Waals surface area contributed by atoms with Crippen LogP contribution in [-0.2, 0) is 0 Å². The Morgan fingerprint density at radius 1 is 1.12 bits per heavy atom. The number of ether oxygens (including phenoxy) is 1. The number of pyridine rings is 1. The third-order valence-electron chi connectivity index (χ3n) is 1.90. The molecule has 0 amide bonds. The zero-order valence-corrected chi connectivity index (χ0v) is 11.6. The van der Waals surface area contributed by atoms with Crippen molar-refractivity contribution < 1.29 is 9.13 Å². The van der Waals surface area contributed by atoms with Crippen molar-refractivity contribution in [3.8, 4) is 11.6 Å². The van der Waals surface area contributed by atoms with Crippen molar-refractivity contribution >= 4 is 37.5 Å². The second-order valence-corrected chi connectivity index (χ2v) is 5.09. The molecule has 0 unspecified atom stereocenters. The molecule has 6 heteroatoms. The molecule has 0 aliphatic rings. The first-order valence-electron chi connectivity index (χ1n) is 4.59. The number of nitrogens with zero attached hydrogens (tertiary/aromatic N) is 1. The van der Waals surface area contributed by atoms with Gasteiger partial charge in [-0.25, -0.2) is 9.37 Å². The van der Waals surface area contributed by atoms with Crippen LogP contribution in [0.3, 0.4) is 0 Å². The van der Waals surface area contributed by atoms with E-state index in [0.717, 1.165) is 4.47 Å². The molecule has 3 nitrogen and oxygen atoms in total. The first kappa shape index (κ1) is 12.3. The smallest absolute Gasteiger partial charge is 0.242 e. The van der Waals surface area contributed by atoms with Crippen LogP contribution in [0, 0.1) is 5.82 Å². The first-order chi connectivity index (χ1) is 8.04. The van der Waals surface area contributed by atoms with E-state index in [1.54, 1.807) is 18.3 Å². The number of anilines is 1. The summed E-state index contributed by atoms with van der Waals surface area (Å²) in [6, 6.07) is 5.89. The zero-order chi connectivity index (χ0) is 12.4. The number of nitrogen functional groups attached to an aromatic ring is 1. The zero-order valence-electron chi connectivity index (χ0n) is 8.45. The van der Waals surface area contributed by atoms with Crippen LogP contribution in [0.1, 0.15) is 0 Å². The number of hydrogen-bond donors (Lipinski definition) is 1. The second kappa shape index (κ2) is 5.01. The molecular weight excluding hydrogens is 355 g/mol. The topological polar surface area (TPSA) is 48.1 Å². The summed E-state index contributed by atoms with van der Waals surface area (Å²) < 4.78 is 19.9. The van der Waals surface area contributed by atoms with E-state index in [4.69, 9.17) is 10.5 Å². The standard InChI is InChI=1S/C11H7Br2FN2O/c12-6-1-8(14)4-9(2-6)17-11-10(15)3-7(13)5-16-11/h1-5H,15H2. The van der Waals surface area contributed by atoms with Gasteiger partial charge in [-0.1, -0.05) is 15.9 Å². The molecule has 0 spiro atoms. The van der Waals surface area contributed by atoms with Gasteiger partial charge in [-0.05, 0) is 34.1 Å². The molecule has 0 fully saturated rings. The first-order valence-corrected chi connectivity index (χ1v) is 6.18. The maximum absolute atomic E-state index is 13.1. The van der Waals surface area contributed by atoms with Gasteiger partial charge in [0.2, 0.25) is 5.88 Å². The Morgan fingerprint density at radius 2 is 1.88 bits per heavy atom. The lowest BCUT2D eigenvalue weighted by Crippen LogP contribution is -1.95. The number of nitrogens with two attached hydrogens (primary N) is 1. The highest BCUT2D eigenvalue weighted by Gasteiger charge is 2.06. The van der Waals surface area contributed by atoms with Crippen molar-refractivity contribution in [2.24, 2.45) is 0 Å². The van der Waals surface area contributed by atoms with E-state index in [0.29, 0.717) is 15.9 Å². The average molecular weight is 362 g/mol. The minimum atomic E-state index is -0.398. The van der Waals surface area contributed by atoms with Gasteiger partial charge in [-0.15, -0.1) is 0 Å². The lowest BCUT2D eigenvalue weighted by atomic mass is 10.3. The van der Waals surface area contributed by atoms with Gasteiger partial charge in [0.05, 0.1) is 5.69 Å². The molecular formula is C11H7Br2FN2O. The van der Waals surface area contributed by atoms with E-state index in [2.05, 4.69) is 36.8 Å². The number of aromatic nitrogens is 1. The lowest BCUT2D eigenvalue weighted by Gasteiger charge is -2.07. The molecule has 2 rings (SSSR count). The molecule has 17 heavy (non-hydrogen) atoms. The summed E-state index contributed by atoms with van der Waals surface area (Å²) >= 11 is 6.42. The number of rotatable bonds is 2. The van der Waals surface area contributed by atoms with Crippen molar-refractivity contribution in [2.75, 3.05) is 5.73 Å². The molecule has 0 saturated carbocycles. The molecule has 2 N–H and O–H groups in total. The Labute approximate surface area is 114 Å². The van der Waals surface area contributed by atoms with Gasteiger partial charge in [0.15, 0.2) is 0 Å². The summed E-state index contributed by atoms with van der Waals surface area (Å²) in [6.07, 6.45) is 1.56. The summed E-state index contributed by atoms with van der Waals surface area (Å²) in [6.45, 7) is 0. The van der Waals surface area contributed by atoms with Gasteiger partial charge in [0.25, 0.3) is 0 Å². The Morgan fingerprint density at radius 3 is 2.53 bits per heavy atom. The monoisotopic (exact) mass is 360 g/mol. The number of benzene rings is 1. The molecule has 2 aromatic rings. The van der Waals surface area contributed by atoms with E-state index in [1.807, 2.05) is 0 Å². The summed E-state index contributed by atoms with van der Waals surface area (Å²) in [4.78, 5) is 4.00. The highest BCUT2D eigenvalue weighted by atomic mass is 79.9. The summed E-state index contributed by atoms with van der Waals surface area (Å²) in [5.74, 6) is 0.175. The minimum absolute atomic E-state index is 0.241. The fraction of sp³-hybridized carbons (Fsp3) is 0. The Hall–Kier alpha value is -1.14. The molecule has 1 heterocycles. The van der Waals surface area contributed by atoms with Crippen molar-refractivity contribution in [3.05, 3.63) is 45.2 Å². The predicted octanol–water partition coefficient (Wildman–Crippen LogP) is 4.12. The third-order valence-corrected chi connectivity index (χ3v) is 2.79. The van der Waals surface area contributed by atoms with Crippen molar-refractivity contribution in [3.63, 3.8) is 0 Å². The third kappa shape index (κ3) is 3.17. The van der Waals surface area contributed by atoms with Crippen molar-refractivity contribution in [1.82, 2.24) is 4.98 Å². The van der Waals surface area contributed by atoms with Gasteiger partial charge < -0.3 is 10.5 Å². The largest absolute Gasteiger partial charge is 0.437 e. The fourth-order valence-electron chi connectivity index (χ4n) is 1.23. The van der Waals surface area contributed by atoms with Gasteiger partial charge in [0, 0.05) is 21.2 Å². The maximum Gasteiger partial charge on any atom is 0.242 e. The Kier molecular flexibility index (Phi) is 3.63. The minimum Gasteiger partial charge on any atom is -0.437 e. The number of halogens is 3. The Balaban J connectivity index is 2.31. The fourth-order valence-corrected chi connectivity index (χ4v) is 2.02. The quantitative estimate of drug-likeness (QED) is 0.875.